The van der Waals surface area contributed by atoms with Crippen molar-refractivity contribution in [2.75, 3.05) is 6.54 Å². The molecule has 0 spiro atoms. The fourth-order valence-corrected chi connectivity index (χ4v) is 2.30. The molecular formula is C20H41KN2. The molecule has 0 aromatic heterocycles. The van der Waals surface area contributed by atoms with Gasteiger partial charge in [0.15, 0.2) is 0 Å². The summed E-state index contributed by atoms with van der Waals surface area (Å²) in [6.07, 6.45) is 19.2. The first-order valence-corrected chi connectivity index (χ1v) is 9.28. The predicted octanol–water partition coefficient (Wildman–Crippen LogP) is 3.11. The van der Waals surface area contributed by atoms with Gasteiger partial charge in [-0.05, 0) is 12.8 Å². The Labute approximate surface area is 189 Å². The average molecular weight is 349 g/mol. The van der Waals surface area contributed by atoms with Crippen LogP contribution in [0.2, 0.25) is 0 Å². The molecule has 0 radical (unpaired) electrons. The number of nitrogens with one attached hydrogen (secondary N) is 1. The first kappa shape index (κ1) is 28.5. The van der Waals surface area contributed by atoms with Crippen molar-refractivity contribution in [3.05, 3.63) is 32.0 Å². The Hall–Kier alpha value is 0.716. The molecule has 0 saturated carbocycles. The van der Waals surface area contributed by atoms with Crippen LogP contribution in [0.5, 0.6) is 0 Å². The summed E-state index contributed by atoms with van der Waals surface area (Å²) in [4.78, 5) is 0. The summed E-state index contributed by atoms with van der Waals surface area (Å²) >= 11 is 0. The van der Waals surface area contributed by atoms with Gasteiger partial charge >= 0.3 is 51.4 Å². The minimum Gasteiger partial charge on any atom is -0.401 e. The zero-order chi connectivity index (χ0) is 16.9. The van der Waals surface area contributed by atoms with Crippen LogP contribution in [0.4, 0.5) is 0 Å². The van der Waals surface area contributed by atoms with E-state index in [-0.39, 0.29) is 51.4 Å². The molecule has 0 aliphatic heterocycles. The molecule has 23 heavy (non-hydrogen) atoms. The van der Waals surface area contributed by atoms with Crippen LogP contribution >= 0.6 is 0 Å². The molecule has 0 rings (SSSR count). The molecule has 0 fully saturated rings. The van der Waals surface area contributed by atoms with Gasteiger partial charge in [0, 0.05) is 18.4 Å². The van der Waals surface area contributed by atoms with Gasteiger partial charge < -0.3 is 18.0 Å². The molecule has 0 aliphatic rings. The Balaban J connectivity index is -0.00000128. The first-order valence-electron chi connectivity index (χ1n) is 9.28. The van der Waals surface area contributed by atoms with Gasteiger partial charge in [-0.1, -0.05) is 71.1 Å². The maximum atomic E-state index is 5.72. The van der Waals surface area contributed by atoms with Gasteiger partial charge in [-0.3, -0.25) is 0 Å². The first-order chi connectivity index (χ1) is 10.8. The zero-order valence-electron chi connectivity index (χ0n) is 16.2. The van der Waals surface area contributed by atoms with E-state index >= 15 is 0 Å². The largest absolute Gasteiger partial charge is 1.00 e. The van der Waals surface area contributed by atoms with E-state index < -0.39 is 0 Å². The van der Waals surface area contributed by atoms with Crippen molar-refractivity contribution in [3.8, 4) is 0 Å². The van der Waals surface area contributed by atoms with Crippen molar-refractivity contribution in [2.45, 2.75) is 90.4 Å². The third kappa shape index (κ3) is 27.8. The normalized spacial score (nSPS) is 10.4. The molecule has 0 unspecified atom stereocenters. The second-order valence-corrected chi connectivity index (χ2v) is 5.77. The second-order valence-electron chi connectivity index (χ2n) is 5.77. The summed E-state index contributed by atoms with van der Waals surface area (Å²) in [6, 6.07) is 0. The van der Waals surface area contributed by atoms with Gasteiger partial charge in [0.1, 0.15) is 0 Å². The van der Waals surface area contributed by atoms with E-state index in [1.165, 1.54) is 70.6 Å². The van der Waals surface area contributed by atoms with Crippen LogP contribution in [0.25, 0.3) is 0 Å². The minimum atomic E-state index is 0. The molecule has 0 saturated heterocycles. The maximum Gasteiger partial charge on any atom is 1.00 e. The van der Waals surface area contributed by atoms with Crippen LogP contribution in [-0.4, -0.2) is 6.54 Å². The number of allylic oxidation sites excluding steroid dienone is 1. The molecule has 0 atom stereocenters. The standard InChI is InChI=1S/C18H37N2.C2H4.K/c1-3-5-6-7-8-9-10-11-12-13-14-15-16-20-17-18(19)4-2;1-2;/h17,20H,1,3-16,19H2,2H3;1-2H2;/q-1;;+1/b18-17-;;. The zero-order valence-corrected chi connectivity index (χ0v) is 19.3. The van der Waals surface area contributed by atoms with Crippen LogP contribution in [-0.2, 0) is 0 Å². The molecule has 2 nitrogen and oxygen atoms in total. The Bertz CT molecular complexity index is 230. The Morgan fingerprint density at radius 3 is 1.65 bits per heavy atom. The molecule has 0 aromatic rings. The van der Waals surface area contributed by atoms with Crippen LogP contribution < -0.4 is 62.4 Å². The number of hydrogen-bond acceptors (Lipinski definition) is 2. The summed E-state index contributed by atoms with van der Waals surface area (Å²) in [5.41, 5.74) is 6.66. The maximum absolute atomic E-state index is 5.72. The van der Waals surface area contributed by atoms with Crippen molar-refractivity contribution in [3.63, 3.8) is 0 Å². The molecular weight excluding hydrogens is 307 g/mol. The molecule has 0 aliphatic carbocycles. The van der Waals surface area contributed by atoms with Crippen LogP contribution in [0, 0.1) is 6.92 Å². The van der Waals surface area contributed by atoms with E-state index in [0.717, 1.165) is 25.1 Å². The molecule has 132 valence electrons. The molecule has 3 N–H and O–H groups in total. The summed E-state index contributed by atoms with van der Waals surface area (Å²) in [5.74, 6) is 0. The quantitative estimate of drug-likeness (QED) is 0.206. The Kier molecular flexibility index (Phi) is 34.2. The van der Waals surface area contributed by atoms with Gasteiger partial charge in [0.25, 0.3) is 0 Å². The summed E-state index contributed by atoms with van der Waals surface area (Å²) in [6.45, 7) is 13.0. The van der Waals surface area contributed by atoms with Crippen LogP contribution in [0.3, 0.4) is 0 Å². The number of unbranched alkanes of at least 4 members (excludes halogenated alkanes) is 11. The van der Waals surface area contributed by atoms with Gasteiger partial charge in [0.2, 0.25) is 0 Å². The topological polar surface area (TPSA) is 38.0 Å². The van der Waals surface area contributed by atoms with Gasteiger partial charge in [-0.25, -0.2) is 0 Å². The van der Waals surface area contributed by atoms with Crippen LogP contribution in [0.1, 0.15) is 90.4 Å². The molecule has 3 heteroatoms. The fraction of sp³-hybridized carbons (Fsp3) is 0.750. The SMILES string of the molecule is C=C.[CH2-]CCCCCCCCCCCCCN/C=C(\N)CC.[K+]. The van der Waals surface area contributed by atoms with E-state index in [2.05, 4.69) is 32.3 Å². The molecule has 0 amide bonds. The monoisotopic (exact) mass is 348 g/mol. The van der Waals surface area contributed by atoms with E-state index in [0.29, 0.717) is 0 Å². The summed E-state index contributed by atoms with van der Waals surface area (Å²) < 4.78 is 0. The third-order valence-electron chi connectivity index (χ3n) is 3.77. The van der Waals surface area contributed by atoms with E-state index in [1.54, 1.807) is 0 Å². The van der Waals surface area contributed by atoms with Crippen molar-refractivity contribution in [1.29, 1.82) is 0 Å². The summed E-state index contributed by atoms with van der Waals surface area (Å²) in [5, 5.41) is 3.28. The summed E-state index contributed by atoms with van der Waals surface area (Å²) in [7, 11) is 0. The third-order valence-corrected chi connectivity index (χ3v) is 3.77. The fourth-order valence-electron chi connectivity index (χ4n) is 2.30. The number of rotatable bonds is 15. The predicted molar refractivity (Wildman–Crippen MR) is 103 cm³/mol. The molecule has 0 heterocycles. The van der Waals surface area contributed by atoms with Gasteiger partial charge in [-0.15, -0.1) is 13.2 Å². The van der Waals surface area contributed by atoms with Crippen molar-refractivity contribution in [1.82, 2.24) is 5.32 Å². The molecule has 0 bridgehead atoms. The smallest absolute Gasteiger partial charge is 0.401 e. The number of hydrogen-bond donors (Lipinski definition) is 2. The second kappa shape index (κ2) is 27.6. The molecule has 0 aromatic carbocycles. The van der Waals surface area contributed by atoms with Crippen molar-refractivity contribution < 1.29 is 51.4 Å². The van der Waals surface area contributed by atoms with Crippen LogP contribution in [0.15, 0.2) is 25.1 Å². The van der Waals surface area contributed by atoms with Crippen molar-refractivity contribution in [2.24, 2.45) is 5.73 Å². The average Bonchev–Trinajstić information content (AvgIpc) is 2.56. The van der Waals surface area contributed by atoms with Gasteiger partial charge in [0.05, 0.1) is 0 Å². The van der Waals surface area contributed by atoms with E-state index in [9.17, 15) is 0 Å². The van der Waals surface area contributed by atoms with E-state index in [1.807, 2.05) is 6.20 Å². The Morgan fingerprint density at radius 2 is 1.26 bits per heavy atom. The van der Waals surface area contributed by atoms with E-state index in [4.69, 9.17) is 5.73 Å². The minimum absolute atomic E-state index is 0. The van der Waals surface area contributed by atoms with Crippen molar-refractivity contribution >= 4 is 0 Å². The number of nitrogens with two attached hydrogens (primary N) is 1. The van der Waals surface area contributed by atoms with Gasteiger partial charge in [-0.2, -0.15) is 6.42 Å². The Morgan fingerprint density at radius 1 is 0.870 bits per heavy atom.